The number of carbonyl (C=O) groups excluding carboxylic acids is 1. The number of aromatic nitrogens is 4. The van der Waals surface area contributed by atoms with Crippen LogP contribution in [0.5, 0.6) is 0 Å². The van der Waals surface area contributed by atoms with Crippen LogP contribution >= 0.6 is 11.3 Å². The van der Waals surface area contributed by atoms with E-state index < -0.39 is 0 Å². The fourth-order valence-corrected chi connectivity index (χ4v) is 4.40. The molecule has 0 unspecified atom stereocenters. The van der Waals surface area contributed by atoms with Crippen molar-refractivity contribution in [2.75, 3.05) is 36.4 Å². The second kappa shape index (κ2) is 8.99. The highest BCUT2D eigenvalue weighted by Crippen LogP contribution is 2.26. The van der Waals surface area contributed by atoms with E-state index >= 15 is 0 Å². The van der Waals surface area contributed by atoms with Crippen LogP contribution in [0.25, 0.3) is 10.6 Å². The summed E-state index contributed by atoms with van der Waals surface area (Å²) in [6, 6.07) is 11.4. The van der Waals surface area contributed by atoms with Gasteiger partial charge in [0.1, 0.15) is 23.3 Å². The Labute approximate surface area is 195 Å². The fraction of sp³-hybridized carbons (Fsp3) is 0.261. The van der Waals surface area contributed by atoms with Crippen LogP contribution in [0, 0.1) is 13.8 Å². The molecule has 1 aliphatic rings. The molecule has 10 heteroatoms. The summed E-state index contributed by atoms with van der Waals surface area (Å²) in [5.74, 6) is 3.43. The first-order chi connectivity index (χ1) is 16.0. The number of aryl methyl sites for hydroxylation is 2. The van der Waals surface area contributed by atoms with Gasteiger partial charge in [-0.15, -0.1) is 11.3 Å². The van der Waals surface area contributed by atoms with Gasteiger partial charge in [-0.05, 0) is 43.0 Å². The molecule has 1 fully saturated rings. The highest BCUT2D eigenvalue weighted by atomic mass is 32.1. The molecule has 0 saturated carbocycles. The zero-order valence-corrected chi connectivity index (χ0v) is 19.2. The first-order valence-corrected chi connectivity index (χ1v) is 11.5. The predicted molar refractivity (Wildman–Crippen MR) is 127 cm³/mol. The van der Waals surface area contributed by atoms with E-state index in [0.717, 1.165) is 22.1 Å². The molecule has 4 aromatic heterocycles. The van der Waals surface area contributed by atoms with E-state index in [0.29, 0.717) is 49.3 Å². The largest absolute Gasteiger partial charge is 0.355 e. The molecule has 0 aliphatic carbocycles. The van der Waals surface area contributed by atoms with Crippen LogP contribution in [-0.4, -0.2) is 57.1 Å². The molecule has 4 aromatic rings. The quantitative estimate of drug-likeness (QED) is 0.477. The van der Waals surface area contributed by atoms with E-state index in [-0.39, 0.29) is 5.91 Å². The summed E-state index contributed by atoms with van der Waals surface area (Å²) in [5.41, 5.74) is 1.45. The van der Waals surface area contributed by atoms with Crippen molar-refractivity contribution >= 4 is 34.7 Å². The van der Waals surface area contributed by atoms with Crippen molar-refractivity contribution in [1.82, 2.24) is 25.0 Å². The normalized spacial score (nSPS) is 13.9. The lowest BCUT2D eigenvalue weighted by atomic mass is 10.2. The smallest absolute Gasteiger partial charge is 0.276 e. The van der Waals surface area contributed by atoms with Gasteiger partial charge >= 0.3 is 0 Å². The number of hydrogen-bond donors (Lipinski definition) is 1. The van der Waals surface area contributed by atoms with E-state index in [1.165, 1.54) is 0 Å². The number of nitrogens with zero attached hydrogens (tertiary/aromatic N) is 6. The minimum absolute atomic E-state index is 0.118. The lowest BCUT2D eigenvalue weighted by Gasteiger charge is -2.35. The average molecular weight is 462 g/mol. The zero-order valence-electron chi connectivity index (χ0n) is 18.4. The molecule has 0 aromatic carbocycles. The number of anilines is 3. The molecule has 168 valence electrons. The molecule has 1 amide bonds. The zero-order chi connectivity index (χ0) is 22.8. The molecule has 5 heterocycles. The summed E-state index contributed by atoms with van der Waals surface area (Å²) in [6.45, 7) is 6.37. The molecule has 0 spiro atoms. The Kier molecular flexibility index (Phi) is 5.74. The Morgan fingerprint density at radius 2 is 1.91 bits per heavy atom. The third-order valence-corrected chi connectivity index (χ3v) is 6.26. The van der Waals surface area contributed by atoms with Crippen molar-refractivity contribution in [2.45, 2.75) is 13.8 Å². The Morgan fingerprint density at radius 1 is 1.06 bits per heavy atom. The maximum Gasteiger partial charge on any atom is 0.276 e. The third kappa shape index (κ3) is 4.70. The van der Waals surface area contributed by atoms with Gasteiger partial charge in [-0.1, -0.05) is 11.2 Å². The summed E-state index contributed by atoms with van der Waals surface area (Å²) in [7, 11) is 0. The summed E-state index contributed by atoms with van der Waals surface area (Å²) in [6.07, 6.45) is 1.76. The molecule has 0 radical (unpaired) electrons. The van der Waals surface area contributed by atoms with Gasteiger partial charge in [0.2, 0.25) is 0 Å². The van der Waals surface area contributed by atoms with Crippen LogP contribution in [0.2, 0.25) is 0 Å². The van der Waals surface area contributed by atoms with Crippen LogP contribution in [0.15, 0.2) is 52.5 Å². The molecular formula is C23H23N7O2S. The van der Waals surface area contributed by atoms with E-state index in [1.54, 1.807) is 28.5 Å². The summed E-state index contributed by atoms with van der Waals surface area (Å²) < 4.78 is 5.37. The van der Waals surface area contributed by atoms with Gasteiger partial charge < -0.3 is 19.6 Å². The number of piperazine rings is 1. The van der Waals surface area contributed by atoms with Gasteiger partial charge in [0, 0.05) is 44.5 Å². The second-order valence-electron chi connectivity index (χ2n) is 7.83. The van der Waals surface area contributed by atoms with Crippen LogP contribution in [0.3, 0.4) is 0 Å². The molecule has 0 bridgehead atoms. The highest BCUT2D eigenvalue weighted by Gasteiger charge is 2.26. The standard InChI is InChI=1S/C23H23N7O2S/c1-15-5-6-24-20(12-15)27-21-14-22(26-16(2)25-21)29-7-9-30(10-8-29)23(31)17-13-18(32-28-17)19-4-3-11-33-19/h3-6,11-14H,7-10H2,1-2H3,(H,24,25,26,27). The van der Waals surface area contributed by atoms with Gasteiger partial charge in [-0.3, -0.25) is 4.79 Å². The molecule has 33 heavy (non-hydrogen) atoms. The third-order valence-electron chi connectivity index (χ3n) is 5.38. The molecule has 0 atom stereocenters. The first-order valence-electron chi connectivity index (χ1n) is 10.7. The number of rotatable bonds is 5. The predicted octanol–water partition coefficient (Wildman–Crippen LogP) is 3.91. The molecule has 9 nitrogen and oxygen atoms in total. The summed E-state index contributed by atoms with van der Waals surface area (Å²) in [4.78, 5) is 31.3. The van der Waals surface area contributed by atoms with E-state index in [9.17, 15) is 4.79 Å². The van der Waals surface area contributed by atoms with Crippen molar-refractivity contribution in [3.8, 4) is 10.6 Å². The number of hydrogen-bond acceptors (Lipinski definition) is 9. The number of nitrogens with one attached hydrogen (secondary N) is 1. The van der Waals surface area contributed by atoms with Crippen LogP contribution in [0.1, 0.15) is 21.9 Å². The van der Waals surface area contributed by atoms with Crippen molar-refractivity contribution in [3.05, 3.63) is 65.1 Å². The Morgan fingerprint density at radius 3 is 2.67 bits per heavy atom. The van der Waals surface area contributed by atoms with Crippen LogP contribution in [0.4, 0.5) is 17.5 Å². The van der Waals surface area contributed by atoms with Gasteiger partial charge in [-0.25, -0.2) is 15.0 Å². The first kappa shape index (κ1) is 21.1. The molecule has 1 saturated heterocycles. The minimum atomic E-state index is -0.118. The maximum absolute atomic E-state index is 12.9. The Balaban J connectivity index is 1.24. The minimum Gasteiger partial charge on any atom is -0.355 e. The Bertz CT molecular complexity index is 1260. The maximum atomic E-state index is 12.9. The lowest BCUT2D eigenvalue weighted by Crippen LogP contribution is -2.49. The van der Waals surface area contributed by atoms with E-state index in [2.05, 4.69) is 30.3 Å². The van der Waals surface area contributed by atoms with Crippen molar-refractivity contribution in [2.24, 2.45) is 0 Å². The van der Waals surface area contributed by atoms with E-state index in [4.69, 9.17) is 4.52 Å². The second-order valence-corrected chi connectivity index (χ2v) is 8.78. The van der Waals surface area contributed by atoms with Gasteiger partial charge in [-0.2, -0.15) is 0 Å². The van der Waals surface area contributed by atoms with E-state index in [1.807, 2.05) is 49.6 Å². The fourth-order valence-electron chi connectivity index (χ4n) is 3.73. The average Bonchev–Trinajstić information content (AvgIpc) is 3.50. The summed E-state index contributed by atoms with van der Waals surface area (Å²) >= 11 is 1.55. The summed E-state index contributed by atoms with van der Waals surface area (Å²) in [5, 5.41) is 9.21. The topological polar surface area (TPSA) is 100 Å². The molecular weight excluding hydrogens is 438 g/mol. The van der Waals surface area contributed by atoms with Gasteiger partial charge in [0.25, 0.3) is 5.91 Å². The molecule has 5 rings (SSSR count). The lowest BCUT2D eigenvalue weighted by molar-refractivity contribution is 0.0736. The number of pyridine rings is 1. The van der Waals surface area contributed by atoms with Crippen LogP contribution in [-0.2, 0) is 0 Å². The van der Waals surface area contributed by atoms with Crippen molar-refractivity contribution < 1.29 is 9.32 Å². The number of carbonyl (C=O) groups is 1. The molecule has 1 N–H and O–H groups in total. The monoisotopic (exact) mass is 461 g/mol. The van der Waals surface area contributed by atoms with Crippen molar-refractivity contribution in [3.63, 3.8) is 0 Å². The van der Waals surface area contributed by atoms with Crippen molar-refractivity contribution in [1.29, 1.82) is 0 Å². The Hall–Kier alpha value is -3.79. The number of thiophene rings is 1. The molecule has 1 aliphatic heterocycles. The van der Waals surface area contributed by atoms with Gasteiger partial charge in [0.05, 0.1) is 4.88 Å². The SMILES string of the molecule is Cc1ccnc(Nc2cc(N3CCN(C(=O)c4cc(-c5cccs5)on4)CC3)nc(C)n2)c1. The number of amides is 1. The van der Waals surface area contributed by atoms with Crippen LogP contribution < -0.4 is 10.2 Å². The highest BCUT2D eigenvalue weighted by molar-refractivity contribution is 7.13. The van der Waals surface area contributed by atoms with Gasteiger partial charge in [0.15, 0.2) is 11.5 Å².